The van der Waals surface area contributed by atoms with E-state index in [1.165, 1.54) is 0 Å². The van der Waals surface area contributed by atoms with Crippen molar-refractivity contribution < 1.29 is 4.79 Å². The lowest BCUT2D eigenvalue weighted by molar-refractivity contribution is -0.114. The van der Waals surface area contributed by atoms with Gasteiger partial charge in [-0.15, -0.1) is 6.42 Å². The maximum atomic E-state index is 11.6. The summed E-state index contributed by atoms with van der Waals surface area (Å²) in [6, 6.07) is 2.05. The van der Waals surface area contributed by atoms with Gasteiger partial charge >= 0.3 is 0 Å². The molecule has 0 aliphatic heterocycles. The molecule has 0 amide bonds. The van der Waals surface area contributed by atoms with E-state index >= 15 is 0 Å². The Kier molecular flexibility index (Phi) is 2.62. The number of rotatable bonds is 1. The molecule has 0 N–H and O–H groups in total. The maximum absolute atomic E-state index is 11.6. The van der Waals surface area contributed by atoms with Gasteiger partial charge < -0.3 is 0 Å². The van der Waals surface area contributed by atoms with Gasteiger partial charge in [0.05, 0.1) is 11.3 Å². The molecule has 0 atom stereocenters. The van der Waals surface area contributed by atoms with Crippen molar-refractivity contribution in [2.45, 2.75) is 26.2 Å². The Morgan fingerprint density at radius 1 is 1.50 bits per heavy atom. The van der Waals surface area contributed by atoms with Crippen LogP contribution >= 0.6 is 0 Å². The van der Waals surface area contributed by atoms with Crippen molar-refractivity contribution in [3.63, 3.8) is 0 Å². The van der Waals surface area contributed by atoms with Gasteiger partial charge in [-0.1, -0.05) is 25.8 Å². The van der Waals surface area contributed by atoms with E-state index in [-0.39, 0.29) is 5.78 Å². The fourth-order valence-electron chi connectivity index (χ4n) is 1.73. The predicted molar refractivity (Wildman–Crippen MR) is 63.8 cm³/mol. The first-order valence-corrected chi connectivity index (χ1v) is 5.32. The molecule has 0 aromatic carbocycles. The van der Waals surface area contributed by atoms with Gasteiger partial charge in [-0.25, -0.2) is 0 Å². The highest BCUT2D eigenvalue weighted by molar-refractivity contribution is 6.06. The molecular weight excluding hydrogens is 198 g/mol. The molecule has 80 valence electrons. The number of ketones is 1. The number of allylic oxidation sites excluding steroid dienone is 1. The van der Waals surface area contributed by atoms with Gasteiger partial charge in [-0.3, -0.25) is 9.78 Å². The molecule has 1 aliphatic rings. The predicted octanol–water partition coefficient (Wildman–Crippen LogP) is 2.35. The highest BCUT2D eigenvalue weighted by Crippen LogP contribution is 2.23. The Morgan fingerprint density at radius 3 is 2.88 bits per heavy atom. The Hall–Kier alpha value is -1.88. The van der Waals surface area contributed by atoms with Crippen molar-refractivity contribution in [1.29, 1.82) is 0 Å². The first kappa shape index (κ1) is 10.6. The number of carbonyl (C=O) groups is 1. The van der Waals surface area contributed by atoms with E-state index in [1.54, 1.807) is 6.08 Å². The molecule has 0 spiro atoms. The van der Waals surface area contributed by atoms with E-state index in [0.717, 1.165) is 16.8 Å². The van der Waals surface area contributed by atoms with Gasteiger partial charge in [-0.2, -0.15) is 0 Å². The molecule has 1 aliphatic carbocycles. The van der Waals surface area contributed by atoms with E-state index in [9.17, 15) is 4.79 Å². The zero-order valence-corrected chi connectivity index (χ0v) is 9.45. The Labute approximate surface area is 95.4 Å². The summed E-state index contributed by atoms with van der Waals surface area (Å²) >= 11 is 0. The van der Waals surface area contributed by atoms with Gasteiger partial charge in [0.15, 0.2) is 5.78 Å². The SMILES string of the molecule is C#CC1=Cc2ncc(C(C)C)cc2CC1=O. The van der Waals surface area contributed by atoms with Crippen LogP contribution in [0.4, 0.5) is 0 Å². The van der Waals surface area contributed by atoms with Crippen molar-refractivity contribution >= 4 is 11.9 Å². The molecule has 0 radical (unpaired) electrons. The number of nitrogens with zero attached hydrogens (tertiary/aromatic N) is 1. The number of Topliss-reactive ketones (excluding diaryl/α,β-unsaturated/α-hetero) is 1. The van der Waals surface area contributed by atoms with Crippen LogP contribution in [0, 0.1) is 12.3 Å². The van der Waals surface area contributed by atoms with Crippen LogP contribution in [0.5, 0.6) is 0 Å². The number of terminal acetylenes is 1. The van der Waals surface area contributed by atoms with Crippen LogP contribution < -0.4 is 0 Å². The summed E-state index contributed by atoms with van der Waals surface area (Å²) in [6.45, 7) is 4.22. The molecule has 16 heavy (non-hydrogen) atoms. The Morgan fingerprint density at radius 2 is 2.25 bits per heavy atom. The second-order valence-corrected chi connectivity index (χ2v) is 4.27. The van der Waals surface area contributed by atoms with Crippen LogP contribution in [-0.4, -0.2) is 10.8 Å². The van der Waals surface area contributed by atoms with Crippen molar-refractivity contribution in [2.24, 2.45) is 0 Å². The van der Waals surface area contributed by atoms with Crippen LogP contribution in [-0.2, 0) is 11.2 Å². The molecule has 2 rings (SSSR count). The van der Waals surface area contributed by atoms with Crippen LogP contribution in [0.1, 0.15) is 36.6 Å². The molecule has 2 nitrogen and oxygen atoms in total. The molecule has 0 saturated carbocycles. The summed E-state index contributed by atoms with van der Waals surface area (Å²) in [5.41, 5.74) is 3.40. The van der Waals surface area contributed by atoms with Gasteiger partial charge in [0, 0.05) is 12.6 Å². The van der Waals surface area contributed by atoms with E-state index < -0.39 is 0 Å². The molecule has 0 bridgehead atoms. The molecule has 1 aromatic heterocycles. The van der Waals surface area contributed by atoms with Gasteiger partial charge in [0.1, 0.15) is 0 Å². The average molecular weight is 211 g/mol. The summed E-state index contributed by atoms with van der Waals surface area (Å²) in [5.74, 6) is 2.84. The van der Waals surface area contributed by atoms with Crippen molar-refractivity contribution in [3.8, 4) is 12.3 Å². The van der Waals surface area contributed by atoms with E-state index in [4.69, 9.17) is 6.42 Å². The van der Waals surface area contributed by atoms with E-state index in [2.05, 4.69) is 30.8 Å². The minimum absolute atomic E-state index is 0.0118. The number of hydrogen-bond donors (Lipinski definition) is 0. The number of aromatic nitrogens is 1. The van der Waals surface area contributed by atoms with E-state index in [1.807, 2.05) is 6.20 Å². The standard InChI is InChI=1S/C14H13NO/c1-4-10-6-13-11(7-14(10)16)5-12(8-15-13)9(2)3/h1,5-6,8-9H,7H2,2-3H3. The molecule has 0 unspecified atom stereocenters. The molecular formula is C14H13NO. The molecule has 2 heteroatoms. The summed E-state index contributed by atoms with van der Waals surface area (Å²) < 4.78 is 0. The smallest absolute Gasteiger partial charge is 0.175 e. The normalized spacial score (nSPS) is 14.4. The first-order valence-electron chi connectivity index (χ1n) is 5.32. The fraction of sp³-hybridized carbons (Fsp3) is 0.286. The maximum Gasteiger partial charge on any atom is 0.175 e. The van der Waals surface area contributed by atoms with Gasteiger partial charge in [0.25, 0.3) is 0 Å². The number of pyridine rings is 1. The van der Waals surface area contributed by atoms with Crippen LogP contribution in [0.2, 0.25) is 0 Å². The van der Waals surface area contributed by atoms with E-state index in [0.29, 0.717) is 17.9 Å². The first-order chi connectivity index (χ1) is 7.61. The number of carbonyl (C=O) groups excluding carboxylic acids is 1. The fourth-order valence-corrected chi connectivity index (χ4v) is 1.73. The summed E-state index contributed by atoms with van der Waals surface area (Å²) in [7, 11) is 0. The molecule has 0 fully saturated rings. The third-order valence-corrected chi connectivity index (χ3v) is 2.78. The van der Waals surface area contributed by atoms with Gasteiger partial charge in [0.2, 0.25) is 0 Å². The highest BCUT2D eigenvalue weighted by atomic mass is 16.1. The van der Waals surface area contributed by atoms with Gasteiger partial charge in [-0.05, 0) is 23.1 Å². The number of hydrogen-bond acceptors (Lipinski definition) is 2. The third kappa shape index (κ3) is 1.77. The lowest BCUT2D eigenvalue weighted by Crippen LogP contribution is -2.13. The zero-order chi connectivity index (χ0) is 11.7. The van der Waals surface area contributed by atoms with Crippen LogP contribution in [0.3, 0.4) is 0 Å². The minimum Gasteiger partial charge on any atom is -0.293 e. The van der Waals surface area contributed by atoms with Crippen molar-refractivity contribution in [1.82, 2.24) is 4.98 Å². The second-order valence-electron chi connectivity index (χ2n) is 4.27. The third-order valence-electron chi connectivity index (χ3n) is 2.78. The topological polar surface area (TPSA) is 30.0 Å². The average Bonchev–Trinajstić information content (AvgIpc) is 2.27. The Balaban J connectivity index is 2.50. The Bertz CT molecular complexity index is 518. The molecule has 0 saturated heterocycles. The lowest BCUT2D eigenvalue weighted by atomic mass is 9.92. The zero-order valence-electron chi connectivity index (χ0n) is 9.45. The largest absolute Gasteiger partial charge is 0.293 e. The monoisotopic (exact) mass is 211 g/mol. The van der Waals surface area contributed by atoms with Crippen LogP contribution in [0.15, 0.2) is 17.8 Å². The highest BCUT2D eigenvalue weighted by Gasteiger charge is 2.18. The minimum atomic E-state index is 0.0118. The summed E-state index contributed by atoms with van der Waals surface area (Å²) in [4.78, 5) is 16.0. The summed E-state index contributed by atoms with van der Waals surface area (Å²) in [6.07, 6.45) is 9.19. The molecule has 1 aromatic rings. The lowest BCUT2D eigenvalue weighted by Gasteiger charge is -2.14. The molecule has 1 heterocycles. The quantitative estimate of drug-likeness (QED) is 0.667. The second kappa shape index (κ2) is 3.94. The number of fused-ring (bicyclic) bond motifs is 1. The van der Waals surface area contributed by atoms with Crippen molar-refractivity contribution in [2.75, 3.05) is 0 Å². The summed E-state index contributed by atoms with van der Waals surface area (Å²) in [5, 5.41) is 0. The van der Waals surface area contributed by atoms with Crippen LogP contribution in [0.25, 0.3) is 6.08 Å². The van der Waals surface area contributed by atoms with Crippen molar-refractivity contribution in [3.05, 3.63) is 34.7 Å².